The van der Waals surface area contributed by atoms with Gasteiger partial charge in [-0.15, -0.1) is 11.3 Å². The number of carbonyl (C=O) groups is 1. The molecule has 0 bridgehead atoms. The molecule has 2 aromatic rings. The number of hydrogen-bond acceptors (Lipinski definition) is 4. The number of furan rings is 1. The molecule has 2 aromatic heterocycles. The Hall–Kier alpha value is -1.62. The van der Waals surface area contributed by atoms with Crippen molar-refractivity contribution < 1.29 is 9.21 Å². The summed E-state index contributed by atoms with van der Waals surface area (Å²) in [7, 11) is 0. The van der Waals surface area contributed by atoms with Crippen molar-refractivity contribution >= 4 is 22.4 Å². The average molecular weight is 304 g/mol. The molecule has 4 nitrogen and oxygen atoms in total. The molecule has 1 N–H and O–H groups in total. The number of nitrogens with one attached hydrogen (secondary N) is 1. The van der Waals surface area contributed by atoms with Gasteiger partial charge in [-0.3, -0.25) is 10.1 Å². The van der Waals surface area contributed by atoms with Crippen LogP contribution in [0.5, 0.6) is 0 Å². The maximum Gasteiger partial charge on any atom is 0.293 e. The monoisotopic (exact) mass is 304 g/mol. The largest absolute Gasteiger partial charge is 0.459 e. The Morgan fingerprint density at radius 3 is 2.95 bits per heavy atom. The van der Waals surface area contributed by atoms with E-state index in [1.165, 1.54) is 17.6 Å². The van der Waals surface area contributed by atoms with Gasteiger partial charge >= 0.3 is 0 Å². The zero-order chi connectivity index (χ0) is 15.0. The number of hydrogen-bond donors (Lipinski definition) is 1. The van der Waals surface area contributed by atoms with Gasteiger partial charge in [-0.05, 0) is 42.7 Å². The molecule has 0 saturated carbocycles. The summed E-state index contributed by atoms with van der Waals surface area (Å²) in [5.74, 6) is 0.758. The lowest BCUT2D eigenvalue weighted by Crippen LogP contribution is -2.26. The summed E-state index contributed by atoms with van der Waals surface area (Å²) in [4.78, 5) is 17.9. The second kappa shape index (κ2) is 5.30. The van der Waals surface area contributed by atoms with Gasteiger partial charge in [0.25, 0.3) is 5.91 Å². The molecule has 0 fully saturated rings. The van der Waals surface area contributed by atoms with Gasteiger partial charge in [-0.1, -0.05) is 20.8 Å². The normalized spacial score (nSPS) is 18.3. The molecule has 1 atom stereocenters. The number of anilines is 1. The first kappa shape index (κ1) is 14.3. The van der Waals surface area contributed by atoms with Crippen LogP contribution in [0.2, 0.25) is 0 Å². The maximum atomic E-state index is 12.0. The number of fused-ring (bicyclic) bond motifs is 1. The van der Waals surface area contributed by atoms with Crippen LogP contribution in [0.1, 0.15) is 48.3 Å². The summed E-state index contributed by atoms with van der Waals surface area (Å²) < 4.78 is 5.10. The molecule has 1 aliphatic carbocycles. The number of amides is 1. The van der Waals surface area contributed by atoms with Crippen LogP contribution in [0, 0.1) is 11.3 Å². The van der Waals surface area contributed by atoms with E-state index in [1.807, 2.05) is 0 Å². The van der Waals surface area contributed by atoms with E-state index in [9.17, 15) is 4.79 Å². The molecule has 0 aliphatic heterocycles. The standard InChI is InChI=1S/C16H20N2O2S/c1-16(2,3)10-6-7-11-13(9-10)21-15(17-11)18-14(19)12-5-4-8-20-12/h4-5,8,10H,6-7,9H2,1-3H3,(H,17,18,19)/t10-/m1/s1. The van der Waals surface area contributed by atoms with E-state index in [4.69, 9.17) is 4.42 Å². The van der Waals surface area contributed by atoms with Gasteiger partial charge in [0, 0.05) is 4.88 Å². The van der Waals surface area contributed by atoms with Crippen molar-refractivity contribution in [3.8, 4) is 0 Å². The average Bonchev–Trinajstić information content (AvgIpc) is 3.05. The molecule has 0 saturated heterocycles. The first-order chi connectivity index (χ1) is 9.93. The van der Waals surface area contributed by atoms with Gasteiger partial charge in [-0.2, -0.15) is 0 Å². The highest BCUT2D eigenvalue weighted by Crippen LogP contribution is 2.40. The van der Waals surface area contributed by atoms with Crippen LogP contribution < -0.4 is 5.32 Å². The van der Waals surface area contributed by atoms with E-state index in [-0.39, 0.29) is 5.91 Å². The lowest BCUT2D eigenvalue weighted by atomic mass is 9.73. The fourth-order valence-corrected chi connectivity index (χ4v) is 3.82. The predicted octanol–water partition coefficient (Wildman–Crippen LogP) is 4.14. The second-order valence-corrected chi connectivity index (χ2v) is 7.71. The third-order valence-corrected chi connectivity index (χ3v) is 5.17. The topological polar surface area (TPSA) is 55.1 Å². The number of nitrogens with zero attached hydrogens (tertiary/aromatic N) is 1. The maximum absolute atomic E-state index is 12.0. The van der Waals surface area contributed by atoms with E-state index in [0.717, 1.165) is 18.5 Å². The molecule has 112 valence electrons. The van der Waals surface area contributed by atoms with Gasteiger partial charge in [0.15, 0.2) is 10.9 Å². The van der Waals surface area contributed by atoms with Crippen LogP contribution in [0.4, 0.5) is 5.13 Å². The van der Waals surface area contributed by atoms with Crippen molar-refractivity contribution in [2.75, 3.05) is 5.32 Å². The van der Waals surface area contributed by atoms with Crippen LogP contribution in [0.3, 0.4) is 0 Å². The fraction of sp³-hybridized carbons (Fsp3) is 0.500. The van der Waals surface area contributed by atoms with E-state index < -0.39 is 0 Å². The number of carbonyl (C=O) groups excluding carboxylic acids is 1. The number of aromatic nitrogens is 1. The van der Waals surface area contributed by atoms with Crippen molar-refractivity contribution in [2.24, 2.45) is 11.3 Å². The summed E-state index contributed by atoms with van der Waals surface area (Å²) in [6.07, 6.45) is 4.74. The Morgan fingerprint density at radius 1 is 1.48 bits per heavy atom. The Bertz CT molecular complexity index is 638. The minimum absolute atomic E-state index is 0.238. The zero-order valence-corrected chi connectivity index (χ0v) is 13.4. The molecule has 1 aliphatic rings. The lowest BCUT2D eigenvalue weighted by Gasteiger charge is -2.33. The smallest absolute Gasteiger partial charge is 0.293 e. The summed E-state index contributed by atoms with van der Waals surface area (Å²) >= 11 is 1.60. The molecular formula is C16H20N2O2S. The summed E-state index contributed by atoms with van der Waals surface area (Å²) in [6.45, 7) is 6.88. The van der Waals surface area contributed by atoms with Crippen LogP contribution in [-0.4, -0.2) is 10.9 Å². The molecule has 0 aromatic carbocycles. The highest BCUT2D eigenvalue weighted by molar-refractivity contribution is 7.15. The van der Waals surface area contributed by atoms with Crippen molar-refractivity contribution in [2.45, 2.75) is 40.0 Å². The highest BCUT2D eigenvalue weighted by Gasteiger charge is 2.30. The predicted molar refractivity (Wildman–Crippen MR) is 83.7 cm³/mol. The Labute approximate surface area is 128 Å². The van der Waals surface area contributed by atoms with Crippen LogP contribution in [0.15, 0.2) is 22.8 Å². The minimum atomic E-state index is -0.238. The molecular weight excluding hydrogens is 284 g/mol. The fourth-order valence-electron chi connectivity index (χ4n) is 2.73. The van der Waals surface area contributed by atoms with Gasteiger partial charge < -0.3 is 4.42 Å². The Morgan fingerprint density at radius 2 is 2.29 bits per heavy atom. The third kappa shape index (κ3) is 3.02. The molecule has 0 radical (unpaired) electrons. The van der Waals surface area contributed by atoms with Gasteiger partial charge in [0.2, 0.25) is 0 Å². The number of rotatable bonds is 2. The van der Waals surface area contributed by atoms with Crippen molar-refractivity contribution in [3.05, 3.63) is 34.7 Å². The quantitative estimate of drug-likeness (QED) is 0.907. The molecule has 1 amide bonds. The van der Waals surface area contributed by atoms with E-state index in [2.05, 4.69) is 31.1 Å². The molecule has 0 unspecified atom stereocenters. The van der Waals surface area contributed by atoms with Gasteiger partial charge in [0.05, 0.1) is 12.0 Å². The van der Waals surface area contributed by atoms with Crippen molar-refractivity contribution in [3.63, 3.8) is 0 Å². The molecule has 0 spiro atoms. The van der Waals surface area contributed by atoms with Crippen molar-refractivity contribution in [1.82, 2.24) is 4.98 Å². The number of aryl methyl sites for hydroxylation is 1. The zero-order valence-electron chi connectivity index (χ0n) is 12.6. The van der Waals surface area contributed by atoms with Gasteiger partial charge in [0.1, 0.15) is 0 Å². The van der Waals surface area contributed by atoms with Crippen LogP contribution >= 0.6 is 11.3 Å². The summed E-state index contributed by atoms with van der Waals surface area (Å²) in [5.41, 5.74) is 1.47. The lowest BCUT2D eigenvalue weighted by molar-refractivity contribution is 0.0996. The number of thiazole rings is 1. The molecule has 3 rings (SSSR count). The van der Waals surface area contributed by atoms with E-state index in [0.29, 0.717) is 22.2 Å². The summed E-state index contributed by atoms with van der Waals surface area (Å²) in [6, 6.07) is 3.36. The van der Waals surface area contributed by atoms with E-state index >= 15 is 0 Å². The second-order valence-electron chi connectivity index (χ2n) is 6.63. The van der Waals surface area contributed by atoms with Crippen LogP contribution in [-0.2, 0) is 12.8 Å². The first-order valence-electron chi connectivity index (χ1n) is 7.27. The van der Waals surface area contributed by atoms with E-state index in [1.54, 1.807) is 23.5 Å². The first-order valence-corrected chi connectivity index (χ1v) is 8.08. The highest BCUT2D eigenvalue weighted by atomic mass is 32.1. The van der Waals surface area contributed by atoms with Gasteiger partial charge in [-0.25, -0.2) is 4.98 Å². The van der Waals surface area contributed by atoms with Crippen molar-refractivity contribution in [1.29, 1.82) is 0 Å². The summed E-state index contributed by atoms with van der Waals surface area (Å²) in [5, 5.41) is 3.51. The molecule has 21 heavy (non-hydrogen) atoms. The Kier molecular flexibility index (Phi) is 3.61. The Balaban J connectivity index is 1.73. The third-order valence-electron chi connectivity index (χ3n) is 4.13. The molecule has 5 heteroatoms. The van der Waals surface area contributed by atoms with Crippen LogP contribution in [0.25, 0.3) is 0 Å². The minimum Gasteiger partial charge on any atom is -0.459 e. The molecule has 2 heterocycles. The SMILES string of the molecule is CC(C)(C)[C@@H]1CCc2nc(NC(=O)c3ccco3)sc2C1.